The number of aromatic nitrogens is 1. The Morgan fingerprint density at radius 2 is 2.04 bits per heavy atom. The zero-order valence-electron chi connectivity index (χ0n) is 13.3. The second-order valence-electron chi connectivity index (χ2n) is 4.88. The molecule has 0 aliphatic carbocycles. The summed E-state index contributed by atoms with van der Waals surface area (Å²) in [6, 6.07) is 14.8. The van der Waals surface area contributed by atoms with E-state index in [-0.39, 0.29) is 18.6 Å². The van der Waals surface area contributed by atoms with Crippen LogP contribution in [0.25, 0.3) is 10.2 Å². The summed E-state index contributed by atoms with van der Waals surface area (Å²) in [5, 5.41) is 25.7. The highest BCUT2D eigenvalue weighted by Crippen LogP contribution is 2.28. The summed E-state index contributed by atoms with van der Waals surface area (Å²) in [7, 11) is 0. The van der Waals surface area contributed by atoms with E-state index < -0.39 is 0 Å². The Labute approximate surface area is 156 Å². The van der Waals surface area contributed by atoms with Crippen LogP contribution in [0.1, 0.15) is 19.6 Å². The van der Waals surface area contributed by atoms with Gasteiger partial charge in [-0.25, -0.2) is 4.98 Å². The zero-order chi connectivity index (χ0) is 17.6. The van der Waals surface area contributed by atoms with Crippen molar-refractivity contribution in [2.45, 2.75) is 6.92 Å². The van der Waals surface area contributed by atoms with Crippen LogP contribution in [0.3, 0.4) is 0 Å². The molecule has 0 atom stereocenters. The molecule has 0 fully saturated rings. The van der Waals surface area contributed by atoms with Crippen LogP contribution in [0.2, 0.25) is 0 Å². The molecule has 25 heavy (non-hydrogen) atoms. The van der Waals surface area contributed by atoms with Gasteiger partial charge < -0.3 is 10.2 Å². The third-order valence-corrected chi connectivity index (χ3v) is 4.15. The van der Waals surface area contributed by atoms with Crippen molar-refractivity contribution >= 4 is 32.9 Å². The summed E-state index contributed by atoms with van der Waals surface area (Å²) in [4.78, 5) is 4.51. The molecule has 132 valence electrons. The van der Waals surface area contributed by atoms with Crippen molar-refractivity contribution in [3.63, 3.8) is 0 Å². The summed E-state index contributed by atoms with van der Waals surface area (Å²) < 4.78 is 1.02. The molecule has 0 radical (unpaired) electrons. The second-order valence-corrected chi connectivity index (χ2v) is 5.88. The lowest BCUT2D eigenvalue weighted by Crippen LogP contribution is -2.08. The van der Waals surface area contributed by atoms with E-state index in [1.165, 1.54) is 40.8 Å². The number of rotatable bonds is 3. The molecule has 0 bridgehead atoms. The van der Waals surface area contributed by atoms with Crippen LogP contribution in [0.4, 0.5) is 5.13 Å². The van der Waals surface area contributed by atoms with Gasteiger partial charge in [0, 0.05) is 18.6 Å². The second kappa shape index (κ2) is 7.39. The number of para-hydroxylation sites is 1. The largest absolute Gasteiger partial charge is 0.508 e. The van der Waals surface area contributed by atoms with Gasteiger partial charge in [-0.15, -0.1) is 0 Å². The van der Waals surface area contributed by atoms with Crippen molar-refractivity contribution in [3.8, 4) is 35.3 Å². The lowest BCUT2D eigenvalue weighted by atomic mass is 10.2. The van der Waals surface area contributed by atoms with Crippen LogP contribution in [-0.2, 0) is 0 Å². The maximum atomic E-state index is 9.85. The fourth-order valence-electron chi connectivity index (χ4n) is 1.99. The van der Waals surface area contributed by atoms with Gasteiger partial charge in [-0.3, -0.25) is 0 Å². The summed E-state index contributed by atoms with van der Waals surface area (Å²) in [5.74, 6) is 8.10. The van der Waals surface area contributed by atoms with Gasteiger partial charge in [-0.05, 0) is 43.2 Å². The van der Waals surface area contributed by atoms with Gasteiger partial charge in [-0.2, -0.15) is 10.1 Å². The minimum atomic E-state index is 0. The number of thiazole rings is 1. The number of fused-ring (bicyclic) bond motifs is 1. The van der Waals surface area contributed by atoms with Gasteiger partial charge in [0.05, 0.1) is 22.5 Å². The standard InChI is InChI=1S/C19H13N3O2S.5H2/c1-2-3-6-11-22(19-21-16-7-4-5-8-18(16)25-19)20-13-14-12-15(23)9-10-17(14)24;;;;;/h4-5,7-10,12-13,23-24H,1H3;5*1H/b20-13+;;;;;. The highest BCUT2D eigenvalue weighted by molar-refractivity contribution is 7.22. The number of aromatic hydroxyl groups is 2. The number of phenols is 2. The fraction of sp³-hybridized carbons (Fsp3) is 0.0526. The molecule has 1 heterocycles. The average molecular weight is 357 g/mol. The Kier molecular flexibility index (Phi) is 4.84. The first kappa shape index (κ1) is 16.4. The normalized spacial score (nSPS) is 10.1. The molecule has 2 aromatic carbocycles. The maximum absolute atomic E-state index is 9.85. The molecule has 6 heteroatoms. The number of phenolic OH excluding ortho intramolecular Hbond substituents is 2. The molecule has 5 nitrogen and oxygen atoms in total. The van der Waals surface area contributed by atoms with E-state index in [1.54, 1.807) is 6.92 Å². The predicted octanol–water partition coefficient (Wildman–Crippen LogP) is 4.76. The molecular weight excluding hydrogens is 334 g/mol. The van der Waals surface area contributed by atoms with Crippen molar-refractivity contribution in [2.24, 2.45) is 5.10 Å². The molecule has 1 aromatic heterocycles. The highest BCUT2D eigenvalue weighted by Gasteiger charge is 2.09. The van der Waals surface area contributed by atoms with E-state index in [0.29, 0.717) is 10.7 Å². The molecule has 0 aliphatic heterocycles. The van der Waals surface area contributed by atoms with Crippen LogP contribution in [0, 0.1) is 23.8 Å². The average Bonchev–Trinajstić information content (AvgIpc) is 3.04. The minimum Gasteiger partial charge on any atom is -0.508 e. The van der Waals surface area contributed by atoms with Gasteiger partial charge in [0.2, 0.25) is 5.13 Å². The van der Waals surface area contributed by atoms with E-state index in [4.69, 9.17) is 0 Å². The molecule has 0 saturated carbocycles. The first-order valence-electron chi connectivity index (χ1n) is 7.31. The topological polar surface area (TPSA) is 69.0 Å². The number of hydrogen-bond acceptors (Lipinski definition) is 6. The third kappa shape index (κ3) is 3.89. The Morgan fingerprint density at radius 1 is 1.20 bits per heavy atom. The number of nitrogens with zero attached hydrogens (tertiary/aromatic N) is 3. The van der Waals surface area contributed by atoms with E-state index in [0.717, 1.165) is 10.2 Å². The van der Waals surface area contributed by atoms with Gasteiger partial charge in [0.15, 0.2) is 0 Å². The first-order valence-corrected chi connectivity index (χ1v) is 8.13. The molecule has 3 rings (SSSR count). The van der Waals surface area contributed by atoms with Gasteiger partial charge in [0.25, 0.3) is 0 Å². The number of hydrazone groups is 1. The summed E-state index contributed by atoms with van der Waals surface area (Å²) in [5.41, 5.74) is 1.22. The zero-order valence-corrected chi connectivity index (χ0v) is 14.1. The highest BCUT2D eigenvalue weighted by atomic mass is 32.1. The molecular formula is C19H23N3O2S. The Hall–Kier alpha value is -3.48. The van der Waals surface area contributed by atoms with Gasteiger partial charge in [0.1, 0.15) is 11.5 Å². The smallest absolute Gasteiger partial charge is 0.220 e. The quantitative estimate of drug-likeness (QED) is 0.233. The molecule has 0 amide bonds. The summed E-state index contributed by atoms with van der Waals surface area (Å²) >= 11 is 1.44. The third-order valence-electron chi connectivity index (χ3n) is 3.14. The van der Waals surface area contributed by atoms with Crippen molar-refractivity contribution in [2.75, 3.05) is 5.01 Å². The molecule has 0 unspecified atom stereocenters. The lowest BCUT2D eigenvalue weighted by Gasteiger charge is -2.06. The van der Waals surface area contributed by atoms with Crippen molar-refractivity contribution in [3.05, 3.63) is 48.0 Å². The summed E-state index contributed by atoms with van der Waals surface area (Å²) in [6.45, 7) is 1.70. The minimum absolute atomic E-state index is 0. The Morgan fingerprint density at radius 3 is 2.84 bits per heavy atom. The Balaban J connectivity index is -0.00000146. The fourth-order valence-corrected chi connectivity index (χ4v) is 2.87. The molecule has 0 aliphatic rings. The Bertz CT molecular complexity index is 1050. The molecule has 0 spiro atoms. The first-order chi connectivity index (χ1) is 12.2. The van der Waals surface area contributed by atoms with E-state index >= 15 is 0 Å². The molecule has 2 N–H and O–H groups in total. The van der Waals surface area contributed by atoms with E-state index in [1.807, 2.05) is 24.3 Å². The molecule has 3 aromatic rings. The van der Waals surface area contributed by atoms with Crippen LogP contribution in [0.15, 0.2) is 47.6 Å². The van der Waals surface area contributed by atoms with Crippen molar-refractivity contribution < 1.29 is 17.3 Å². The summed E-state index contributed by atoms with van der Waals surface area (Å²) in [6.07, 6.45) is 1.41. The number of anilines is 1. The van der Waals surface area contributed by atoms with Gasteiger partial charge >= 0.3 is 0 Å². The van der Waals surface area contributed by atoms with Crippen LogP contribution < -0.4 is 5.01 Å². The van der Waals surface area contributed by atoms with Gasteiger partial charge in [-0.1, -0.05) is 29.4 Å². The van der Waals surface area contributed by atoms with Crippen LogP contribution >= 0.6 is 11.3 Å². The van der Waals surface area contributed by atoms with Crippen molar-refractivity contribution in [1.29, 1.82) is 0 Å². The lowest BCUT2D eigenvalue weighted by molar-refractivity contribution is 0.459. The van der Waals surface area contributed by atoms with E-state index in [2.05, 4.69) is 33.9 Å². The SMILES string of the molecule is CC#CC#CN(/N=C/c1cc(O)ccc1O)c1nc2ccccc2s1.[HH].[HH].[HH].[HH].[HH]. The molecule has 0 saturated heterocycles. The maximum Gasteiger partial charge on any atom is 0.220 e. The van der Waals surface area contributed by atoms with E-state index in [9.17, 15) is 10.2 Å². The monoisotopic (exact) mass is 357 g/mol. The predicted molar refractivity (Wildman–Crippen MR) is 111 cm³/mol. The van der Waals surface area contributed by atoms with Crippen LogP contribution in [0.5, 0.6) is 11.5 Å². The number of benzene rings is 2. The van der Waals surface area contributed by atoms with Crippen LogP contribution in [-0.4, -0.2) is 21.4 Å². The number of hydrogen-bond donors (Lipinski definition) is 2. The van der Waals surface area contributed by atoms with Crippen molar-refractivity contribution in [1.82, 2.24) is 4.98 Å².